The van der Waals surface area contributed by atoms with Gasteiger partial charge in [0, 0.05) is 11.1 Å². The molecule has 6 heteroatoms. The molecule has 0 bridgehead atoms. The molecule has 0 saturated heterocycles. The Kier molecular flexibility index (Phi) is 5.78. The zero-order chi connectivity index (χ0) is 17.5. The number of carbonyl (C=O) groups is 2. The van der Waals surface area contributed by atoms with Gasteiger partial charge >= 0.3 is 0 Å². The van der Waals surface area contributed by atoms with Crippen molar-refractivity contribution in [3.8, 4) is 11.5 Å². The lowest BCUT2D eigenvalue weighted by atomic mass is 10.2. The molecule has 0 heterocycles. The first-order valence-electron chi connectivity index (χ1n) is 7.51. The third-order valence-corrected chi connectivity index (χ3v) is 3.11. The Morgan fingerprint density at radius 1 is 0.875 bits per heavy atom. The molecule has 0 unspecified atom stereocenters. The molecule has 126 valence electrons. The van der Waals surface area contributed by atoms with Crippen molar-refractivity contribution >= 4 is 11.8 Å². The highest BCUT2D eigenvalue weighted by Gasteiger charge is 2.10. The molecule has 0 aliphatic rings. The molecule has 6 nitrogen and oxygen atoms in total. The van der Waals surface area contributed by atoms with Crippen molar-refractivity contribution in [3.63, 3.8) is 0 Å². The number of rotatable bonds is 5. The first-order valence-corrected chi connectivity index (χ1v) is 7.51. The summed E-state index contributed by atoms with van der Waals surface area (Å²) in [5, 5.41) is 0. The summed E-state index contributed by atoms with van der Waals surface area (Å²) in [5.74, 6) is 0.406. The van der Waals surface area contributed by atoms with E-state index in [9.17, 15) is 9.59 Å². The Balaban J connectivity index is 1.95. The topological polar surface area (TPSA) is 76.7 Å². The minimum atomic E-state index is -0.425. The average molecular weight is 328 g/mol. The van der Waals surface area contributed by atoms with Crippen LogP contribution in [0, 0.1) is 0 Å². The number of hydrazine groups is 1. The average Bonchev–Trinajstić information content (AvgIpc) is 2.59. The van der Waals surface area contributed by atoms with Gasteiger partial charge in [0.05, 0.1) is 13.2 Å². The Morgan fingerprint density at radius 2 is 1.50 bits per heavy atom. The van der Waals surface area contributed by atoms with E-state index in [1.807, 2.05) is 13.8 Å². The highest BCUT2D eigenvalue weighted by molar-refractivity contribution is 5.99. The molecule has 0 aromatic heterocycles. The smallest absolute Gasteiger partial charge is 0.269 e. The summed E-state index contributed by atoms with van der Waals surface area (Å²) in [6.07, 6.45) is 0.0121. The predicted octanol–water partition coefficient (Wildman–Crippen LogP) is 2.56. The van der Waals surface area contributed by atoms with Crippen LogP contribution in [0.2, 0.25) is 0 Å². The highest BCUT2D eigenvalue weighted by Crippen LogP contribution is 2.15. The number of methoxy groups -OCH3 is 1. The highest BCUT2D eigenvalue weighted by atomic mass is 16.5. The van der Waals surface area contributed by atoms with Crippen LogP contribution < -0.4 is 20.3 Å². The number of carbonyl (C=O) groups excluding carboxylic acids is 2. The molecule has 2 aromatic carbocycles. The maximum Gasteiger partial charge on any atom is 0.269 e. The van der Waals surface area contributed by atoms with Crippen LogP contribution in [0.5, 0.6) is 11.5 Å². The van der Waals surface area contributed by atoms with Crippen molar-refractivity contribution < 1.29 is 19.1 Å². The molecule has 24 heavy (non-hydrogen) atoms. The second-order valence-electron chi connectivity index (χ2n) is 5.33. The summed E-state index contributed by atoms with van der Waals surface area (Å²) in [6, 6.07) is 13.3. The van der Waals surface area contributed by atoms with Crippen LogP contribution in [0.15, 0.2) is 48.5 Å². The van der Waals surface area contributed by atoms with Crippen molar-refractivity contribution in [2.24, 2.45) is 0 Å². The summed E-state index contributed by atoms with van der Waals surface area (Å²) >= 11 is 0. The van der Waals surface area contributed by atoms with E-state index >= 15 is 0 Å². The Hall–Kier alpha value is -3.02. The fraction of sp³-hybridized carbons (Fsp3) is 0.222. The van der Waals surface area contributed by atoms with Crippen LogP contribution in [0.3, 0.4) is 0 Å². The van der Waals surface area contributed by atoms with Gasteiger partial charge in [0.25, 0.3) is 11.8 Å². The Bertz CT molecular complexity index is 711. The van der Waals surface area contributed by atoms with Gasteiger partial charge in [-0.15, -0.1) is 0 Å². The van der Waals surface area contributed by atoms with Gasteiger partial charge in [-0.2, -0.15) is 0 Å². The molecular weight excluding hydrogens is 308 g/mol. The van der Waals surface area contributed by atoms with E-state index < -0.39 is 11.8 Å². The normalized spacial score (nSPS) is 10.2. The standard InChI is InChI=1S/C18H20N2O4/c1-12(2)24-16-6-4-5-14(11-16)18(22)20-19-17(21)13-7-9-15(23-3)10-8-13/h4-12H,1-3H3,(H,19,21)(H,20,22). The van der Waals surface area contributed by atoms with E-state index in [1.165, 1.54) is 0 Å². The van der Waals surface area contributed by atoms with Crippen molar-refractivity contribution in [2.75, 3.05) is 7.11 Å². The maximum absolute atomic E-state index is 12.1. The van der Waals surface area contributed by atoms with E-state index in [2.05, 4.69) is 10.9 Å². The third-order valence-electron chi connectivity index (χ3n) is 3.11. The number of benzene rings is 2. The van der Waals surface area contributed by atoms with E-state index in [0.29, 0.717) is 22.6 Å². The molecule has 0 spiro atoms. The SMILES string of the molecule is COc1ccc(C(=O)NNC(=O)c2cccc(OC(C)C)c2)cc1. The summed E-state index contributed by atoms with van der Waals surface area (Å²) < 4.78 is 10.6. The first-order chi connectivity index (χ1) is 11.5. The fourth-order valence-electron chi connectivity index (χ4n) is 1.98. The van der Waals surface area contributed by atoms with Gasteiger partial charge in [0.15, 0.2) is 0 Å². The van der Waals surface area contributed by atoms with Crippen LogP contribution in [0.1, 0.15) is 34.6 Å². The largest absolute Gasteiger partial charge is 0.497 e. The summed E-state index contributed by atoms with van der Waals surface area (Å²) in [6.45, 7) is 3.81. The van der Waals surface area contributed by atoms with Gasteiger partial charge in [-0.25, -0.2) is 0 Å². The summed E-state index contributed by atoms with van der Waals surface area (Å²) in [5.41, 5.74) is 5.56. The summed E-state index contributed by atoms with van der Waals surface area (Å²) in [7, 11) is 1.55. The van der Waals surface area contributed by atoms with Crippen molar-refractivity contribution in [2.45, 2.75) is 20.0 Å². The monoisotopic (exact) mass is 328 g/mol. The third kappa shape index (κ3) is 4.74. The molecule has 2 N–H and O–H groups in total. The summed E-state index contributed by atoms with van der Waals surface area (Å²) in [4.78, 5) is 24.1. The van der Waals surface area contributed by atoms with Crippen LogP contribution in [0.4, 0.5) is 0 Å². The van der Waals surface area contributed by atoms with Gasteiger partial charge in [0.2, 0.25) is 0 Å². The van der Waals surface area contributed by atoms with Gasteiger partial charge < -0.3 is 9.47 Å². The van der Waals surface area contributed by atoms with Crippen molar-refractivity contribution in [1.29, 1.82) is 0 Å². The second-order valence-corrected chi connectivity index (χ2v) is 5.33. The molecule has 0 atom stereocenters. The zero-order valence-electron chi connectivity index (χ0n) is 13.8. The lowest BCUT2D eigenvalue weighted by Gasteiger charge is -2.11. The Morgan fingerprint density at radius 3 is 2.08 bits per heavy atom. The molecule has 0 radical (unpaired) electrons. The number of nitrogens with one attached hydrogen (secondary N) is 2. The molecule has 0 saturated carbocycles. The molecule has 2 amide bonds. The van der Waals surface area contributed by atoms with Gasteiger partial charge in [0.1, 0.15) is 11.5 Å². The van der Waals surface area contributed by atoms with Crippen LogP contribution in [0.25, 0.3) is 0 Å². The van der Waals surface area contributed by atoms with Crippen molar-refractivity contribution in [3.05, 3.63) is 59.7 Å². The number of hydrogen-bond acceptors (Lipinski definition) is 4. The van der Waals surface area contributed by atoms with E-state index in [-0.39, 0.29) is 6.10 Å². The predicted molar refractivity (Wildman–Crippen MR) is 90.1 cm³/mol. The van der Waals surface area contributed by atoms with E-state index in [4.69, 9.17) is 9.47 Å². The van der Waals surface area contributed by atoms with E-state index in [1.54, 1.807) is 55.6 Å². The number of hydrogen-bond donors (Lipinski definition) is 2. The fourth-order valence-corrected chi connectivity index (χ4v) is 1.98. The molecule has 0 aliphatic carbocycles. The lowest BCUT2D eigenvalue weighted by Crippen LogP contribution is -2.41. The van der Waals surface area contributed by atoms with Gasteiger partial charge in [-0.05, 0) is 56.3 Å². The molecule has 2 rings (SSSR count). The first kappa shape index (κ1) is 17.3. The van der Waals surface area contributed by atoms with Crippen LogP contribution in [-0.4, -0.2) is 25.0 Å². The zero-order valence-corrected chi connectivity index (χ0v) is 13.8. The number of ether oxygens (including phenoxy) is 2. The van der Waals surface area contributed by atoms with E-state index in [0.717, 1.165) is 0 Å². The van der Waals surface area contributed by atoms with Gasteiger partial charge in [-0.1, -0.05) is 6.07 Å². The second kappa shape index (κ2) is 8.01. The molecule has 0 aliphatic heterocycles. The quantitative estimate of drug-likeness (QED) is 0.827. The van der Waals surface area contributed by atoms with Crippen molar-refractivity contribution in [1.82, 2.24) is 10.9 Å². The van der Waals surface area contributed by atoms with Crippen LogP contribution >= 0.6 is 0 Å². The maximum atomic E-state index is 12.1. The molecular formula is C18H20N2O4. The molecule has 2 aromatic rings. The minimum Gasteiger partial charge on any atom is -0.497 e. The number of amides is 2. The molecule has 0 fully saturated rings. The Labute approximate surface area is 140 Å². The minimum absolute atomic E-state index is 0.0121. The van der Waals surface area contributed by atoms with Crippen LogP contribution in [-0.2, 0) is 0 Å². The lowest BCUT2D eigenvalue weighted by molar-refractivity contribution is 0.0846. The van der Waals surface area contributed by atoms with Gasteiger partial charge in [-0.3, -0.25) is 20.4 Å².